The molecule has 0 atom stereocenters. The minimum Gasteiger partial charge on any atom is -0.470 e. The summed E-state index contributed by atoms with van der Waals surface area (Å²) in [4.78, 5) is 6.94. The molecular formula is C15H26N4OS. The third-order valence-corrected chi connectivity index (χ3v) is 4.07. The van der Waals surface area contributed by atoms with Gasteiger partial charge in [0.05, 0.1) is 5.69 Å². The summed E-state index contributed by atoms with van der Waals surface area (Å²) in [6.07, 6.45) is 0. The van der Waals surface area contributed by atoms with Gasteiger partial charge in [-0.3, -0.25) is 4.90 Å². The standard InChI is InChI=1S/C15H26N4OS/c1-15(2,3)20-14-12(16)4-5-13(18-14)17-6-7-19-8-10-21-11-9-19/h4-5H,6-11,16H2,1-3H3,(H,17,18). The number of aromatic nitrogens is 1. The van der Waals surface area contributed by atoms with Crippen molar-refractivity contribution in [1.82, 2.24) is 9.88 Å². The van der Waals surface area contributed by atoms with Crippen LogP contribution >= 0.6 is 11.8 Å². The summed E-state index contributed by atoms with van der Waals surface area (Å²) in [5, 5.41) is 3.35. The molecule has 1 aliphatic rings. The highest BCUT2D eigenvalue weighted by atomic mass is 32.2. The van der Waals surface area contributed by atoms with Crippen LogP contribution in [0.25, 0.3) is 0 Å². The number of hydrogen-bond donors (Lipinski definition) is 2. The molecule has 1 aromatic rings. The molecule has 0 spiro atoms. The molecule has 0 amide bonds. The van der Waals surface area contributed by atoms with Gasteiger partial charge in [-0.05, 0) is 32.9 Å². The van der Waals surface area contributed by atoms with Crippen molar-refractivity contribution >= 4 is 23.3 Å². The zero-order chi connectivity index (χ0) is 15.3. The molecule has 2 rings (SSSR count). The lowest BCUT2D eigenvalue weighted by atomic mass is 10.2. The van der Waals surface area contributed by atoms with Gasteiger partial charge in [-0.25, -0.2) is 0 Å². The number of nitrogens with one attached hydrogen (secondary N) is 1. The number of nitrogens with zero attached hydrogens (tertiary/aromatic N) is 2. The third kappa shape index (κ3) is 5.63. The Hall–Kier alpha value is -1.14. The number of hydrogen-bond acceptors (Lipinski definition) is 6. The number of nitrogens with two attached hydrogens (primary N) is 1. The van der Waals surface area contributed by atoms with Crippen LogP contribution in [-0.4, -0.2) is 53.2 Å². The molecule has 0 aliphatic carbocycles. The maximum Gasteiger partial charge on any atom is 0.239 e. The van der Waals surface area contributed by atoms with Crippen LogP contribution in [0.1, 0.15) is 20.8 Å². The minimum absolute atomic E-state index is 0.300. The summed E-state index contributed by atoms with van der Waals surface area (Å²) in [6.45, 7) is 10.3. The molecule has 1 fully saturated rings. The molecule has 0 saturated carbocycles. The third-order valence-electron chi connectivity index (χ3n) is 3.13. The van der Waals surface area contributed by atoms with E-state index in [0.29, 0.717) is 11.6 Å². The number of pyridine rings is 1. The van der Waals surface area contributed by atoms with E-state index in [1.165, 1.54) is 24.6 Å². The second-order valence-electron chi connectivity index (χ2n) is 6.19. The fraction of sp³-hybridized carbons (Fsp3) is 0.667. The molecule has 6 heteroatoms. The summed E-state index contributed by atoms with van der Waals surface area (Å²) in [6, 6.07) is 3.74. The SMILES string of the molecule is CC(C)(C)Oc1nc(NCCN2CCSCC2)ccc1N. The Morgan fingerprint density at radius 2 is 2.05 bits per heavy atom. The quantitative estimate of drug-likeness (QED) is 0.870. The predicted octanol–water partition coefficient (Wildman–Crippen LogP) is 2.30. The Morgan fingerprint density at radius 1 is 1.33 bits per heavy atom. The lowest BCUT2D eigenvalue weighted by molar-refractivity contribution is 0.125. The smallest absolute Gasteiger partial charge is 0.239 e. The fourth-order valence-electron chi connectivity index (χ4n) is 2.09. The van der Waals surface area contributed by atoms with E-state index in [9.17, 15) is 0 Å². The van der Waals surface area contributed by atoms with Crippen molar-refractivity contribution in [3.63, 3.8) is 0 Å². The van der Waals surface area contributed by atoms with Gasteiger partial charge in [0.2, 0.25) is 5.88 Å². The van der Waals surface area contributed by atoms with E-state index in [-0.39, 0.29) is 5.60 Å². The molecule has 0 radical (unpaired) electrons. The maximum atomic E-state index is 5.92. The average molecular weight is 310 g/mol. The van der Waals surface area contributed by atoms with Crippen molar-refractivity contribution in [3.05, 3.63) is 12.1 Å². The van der Waals surface area contributed by atoms with Gasteiger partial charge < -0.3 is 15.8 Å². The number of rotatable bonds is 5. The van der Waals surface area contributed by atoms with Crippen LogP contribution in [0.3, 0.4) is 0 Å². The molecule has 3 N–H and O–H groups in total. The van der Waals surface area contributed by atoms with Crippen LogP contribution < -0.4 is 15.8 Å². The summed E-state index contributed by atoms with van der Waals surface area (Å²) in [5.41, 5.74) is 6.19. The van der Waals surface area contributed by atoms with Crippen LogP contribution in [0.4, 0.5) is 11.5 Å². The highest BCUT2D eigenvalue weighted by molar-refractivity contribution is 7.99. The molecule has 5 nitrogen and oxygen atoms in total. The summed E-state index contributed by atoms with van der Waals surface area (Å²) < 4.78 is 5.78. The predicted molar refractivity (Wildman–Crippen MR) is 91.3 cm³/mol. The summed E-state index contributed by atoms with van der Waals surface area (Å²) >= 11 is 2.03. The zero-order valence-electron chi connectivity index (χ0n) is 13.2. The highest BCUT2D eigenvalue weighted by Gasteiger charge is 2.15. The van der Waals surface area contributed by atoms with E-state index in [1.54, 1.807) is 0 Å². The molecule has 2 heterocycles. The van der Waals surface area contributed by atoms with Crippen molar-refractivity contribution in [3.8, 4) is 5.88 Å². The van der Waals surface area contributed by atoms with Crippen molar-refractivity contribution in [1.29, 1.82) is 0 Å². The van der Waals surface area contributed by atoms with E-state index in [2.05, 4.69) is 15.2 Å². The summed E-state index contributed by atoms with van der Waals surface area (Å²) in [5.74, 6) is 3.80. The van der Waals surface area contributed by atoms with E-state index < -0.39 is 0 Å². The Kier molecular flexibility index (Phi) is 5.58. The molecule has 1 saturated heterocycles. The van der Waals surface area contributed by atoms with Gasteiger partial charge >= 0.3 is 0 Å². The van der Waals surface area contributed by atoms with Crippen LogP contribution in [0.5, 0.6) is 5.88 Å². The Labute approximate surface area is 131 Å². The molecule has 0 aromatic carbocycles. The van der Waals surface area contributed by atoms with Gasteiger partial charge in [-0.2, -0.15) is 16.7 Å². The van der Waals surface area contributed by atoms with E-state index in [1.807, 2.05) is 44.7 Å². The Morgan fingerprint density at radius 3 is 2.71 bits per heavy atom. The molecule has 0 unspecified atom stereocenters. The topological polar surface area (TPSA) is 63.4 Å². The van der Waals surface area contributed by atoms with Crippen molar-refractivity contribution in [2.45, 2.75) is 26.4 Å². The van der Waals surface area contributed by atoms with E-state index >= 15 is 0 Å². The monoisotopic (exact) mass is 310 g/mol. The first kappa shape index (κ1) is 16.2. The summed E-state index contributed by atoms with van der Waals surface area (Å²) in [7, 11) is 0. The number of anilines is 2. The van der Waals surface area contributed by atoms with Gasteiger partial charge in [0.25, 0.3) is 0 Å². The van der Waals surface area contributed by atoms with Gasteiger partial charge in [0.15, 0.2) is 0 Å². The normalized spacial score (nSPS) is 16.7. The fourth-order valence-corrected chi connectivity index (χ4v) is 3.07. The first-order valence-electron chi connectivity index (χ1n) is 7.43. The first-order valence-corrected chi connectivity index (χ1v) is 8.59. The molecule has 1 aliphatic heterocycles. The first-order chi connectivity index (χ1) is 9.94. The molecule has 1 aromatic heterocycles. The Bertz CT molecular complexity index is 455. The van der Waals surface area contributed by atoms with Crippen LogP contribution in [0.2, 0.25) is 0 Å². The highest BCUT2D eigenvalue weighted by Crippen LogP contribution is 2.24. The number of ether oxygens (including phenoxy) is 1. The largest absolute Gasteiger partial charge is 0.470 e. The molecule has 118 valence electrons. The maximum absolute atomic E-state index is 5.92. The lowest BCUT2D eigenvalue weighted by Gasteiger charge is -2.26. The molecule has 21 heavy (non-hydrogen) atoms. The van der Waals surface area contributed by atoms with Gasteiger partial charge in [-0.15, -0.1) is 0 Å². The number of thioether (sulfide) groups is 1. The van der Waals surface area contributed by atoms with E-state index in [0.717, 1.165) is 18.9 Å². The molecule has 0 bridgehead atoms. The van der Waals surface area contributed by atoms with Crippen molar-refractivity contribution in [2.75, 3.05) is 48.7 Å². The van der Waals surface area contributed by atoms with Crippen LogP contribution in [-0.2, 0) is 0 Å². The van der Waals surface area contributed by atoms with Gasteiger partial charge in [0, 0.05) is 37.7 Å². The zero-order valence-corrected chi connectivity index (χ0v) is 14.0. The lowest BCUT2D eigenvalue weighted by Crippen LogP contribution is -2.36. The Balaban J connectivity index is 1.86. The second kappa shape index (κ2) is 7.22. The van der Waals surface area contributed by atoms with Crippen LogP contribution in [0, 0.1) is 0 Å². The van der Waals surface area contributed by atoms with E-state index in [4.69, 9.17) is 10.5 Å². The molecular weight excluding hydrogens is 284 g/mol. The average Bonchev–Trinajstić information content (AvgIpc) is 2.42. The second-order valence-corrected chi connectivity index (χ2v) is 7.41. The van der Waals surface area contributed by atoms with Crippen LogP contribution in [0.15, 0.2) is 12.1 Å². The van der Waals surface area contributed by atoms with Crippen molar-refractivity contribution in [2.24, 2.45) is 0 Å². The van der Waals surface area contributed by atoms with Gasteiger partial charge in [0.1, 0.15) is 11.4 Å². The van der Waals surface area contributed by atoms with Crippen molar-refractivity contribution < 1.29 is 4.74 Å². The number of nitrogen functional groups attached to an aromatic ring is 1. The minimum atomic E-state index is -0.300. The van der Waals surface area contributed by atoms with Gasteiger partial charge in [-0.1, -0.05) is 0 Å².